The molecular weight excluding hydrogens is 442 g/mol. The standard InChI is InChI=1S/C24H22F2N6O2/c25-17-7-15(8-18(26)10-17)13-29-22-11-23(30-14-20(22)24(28)33)31-21-2-1-19(9-16(21)12-27)32-3-5-34-6-4-32/h1-2,7-11,14H,3-6,13H2,(H2,28,33)(H2,29,30,31). The lowest BCUT2D eigenvalue weighted by Crippen LogP contribution is -2.36. The largest absolute Gasteiger partial charge is 0.380 e. The molecule has 2 aromatic carbocycles. The number of morpholine rings is 1. The van der Waals surface area contributed by atoms with Gasteiger partial charge in [-0.3, -0.25) is 4.79 Å². The van der Waals surface area contributed by atoms with E-state index in [1.165, 1.54) is 18.3 Å². The second-order valence-corrected chi connectivity index (χ2v) is 7.68. The summed E-state index contributed by atoms with van der Waals surface area (Å²) in [7, 11) is 0. The van der Waals surface area contributed by atoms with Crippen LogP contribution in [0.5, 0.6) is 0 Å². The van der Waals surface area contributed by atoms with Crippen LogP contribution in [0.1, 0.15) is 21.5 Å². The van der Waals surface area contributed by atoms with Gasteiger partial charge in [-0.05, 0) is 35.9 Å². The van der Waals surface area contributed by atoms with Crippen LogP contribution >= 0.6 is 0 Å². The number of nitrogens with zero attached hydrogens (tertiary/aromatic N) is 3. The van der Waals surface area contributed by atoms with Crippen LogP contribution in [0.3, 0.4) is 0 Å². The Hall–Kier alpha value is -4.23. The molecule has 1 amide bonds. The van der Waals surface area contributed by atoms with Gasteiger partial charge in [-0.1, -0.05) is 0 Å². The minimum Gasteiger partial charge on any atom is -0.380 e. The van der Waals surface area contributed by atoms with E-state index in [0.717, 1.165) is 24.8 Å². The van der Waals surface area contributed by atoms with Crippen LogP contribution in [0.2, 0.25) is 0 Å². The number of nitrogens with one attached hydrogen (secondary N) is 2. The molecule has 10 heteroatoms. The predicted octanol–water partition coefficient (Wildman–Crippen LogP) is 3.52. The Kier molecular flexibility index (Phi) is 6.85. The van der Waals surface area contributed by atoms with Gasteiger partial charge in [-0.25, -0.2) is 13.8 Å². The zero-order chi connectivity index (χ0) is 24.1. The second-order valence-electron chi connectivity index (χ2n) is 7.68. The number of ether oxygens (including phenoxy) is 1. The summed E-state index contributed by atoms with van der Waals surface area (Å²) in [5.74, 6) is -1.75. The second kappa shape index (κ2) is 10.1. The van der Waals surface area contributed by atoms with Crippen molar-refractivity contribution in [2.24, 2.45) is 5.73 Å². The molecule has 1 aliphatic heterocycles. The fraction of sp³-hybridized carbons (Fsp3) is 0.208. The summed E-state index contributed by atoms with van der Waals surface area (Å²) in [5.41, 5.74) is 8.14. The van der Waals surface area contributed by atoms with Crippen LogP contribution in [0.4, 0.5) is 31.7 Å². The molecule has 8 nitrogen and oxygen atoms in total. The average Bonchev–Trinajstić information content (AvgIpc) is 2.83. The van der Waals surface area contributed by atoms with E-state index in [2.05, 4.69) is 26.6 Å². The molecule has 3 aromatic rings. The summed E-state index contributed by atoms with van der Waals surface area (Å²) in [6.07, 6.45) is 1.30. The van der Waals surface area contributed by atoms with Crippen molar-refractivity contribution < 1.29 is 18.3 Å². The van der Waals surface area contributed by atoms with Crippen LogP contribution in [-0.2, 0) is 11.3 Å². The first-order valence-electron chi connectivity index (χ1n) is 10.6. The minimum atomic E-state index is -0.709. The van der Waals surface area contributed by atoms with Gasteiger partial charge in [-0.2, -0.15) is 5.26 Å². The van der Waals surface area contributed by atoms with Gasteiger partial charge in [0.05, 0.1) is 35.7 Å². The molecule has 0 saturated carbocycles. The average molecular weight is 464 g/mol. The highest BCUT2D eigenvalue weighted by molar-refractivity contribution is 5.98. The molecule has 1 aliphatic rings. The smallest absolute Gasteiger partial charge is 0.252 e. The van der Waals surface area contributed by atoms with Gasteiger partial charge in [0, 0.05) is 43.7 Å². The van der Waals surface area contributed by atoms with Crippen molar-refractivity contribution in [3.05, 3.63) is 77.0 Å². The van der Waals surface area contributed by atoms with Crippen LogP contribution in [0, 0.1) is 23.0 Å². The molecule has 0 bridgehead atoms. The molecule has 34 heavy (non-hydrogen) atoms. The molecular formula is C24H22F2N6O2. The summed E-state index contributed by atoms with van der Waals surface area (Å²) < 4.78 is 32.4. The normalized spacial score (nSPS) is 13.3. The van der Waals surface area contributed by atoms with E-state index in [4.69, 9.17) is 10.5 Å². The number of hydrogen-bond acceptors (Lipinski definition) is 7. The van der Waals surface area contributed by atoms with Gasteiger partial charge >= 0.3 is 0 Å². The number of rotatable bonds is 7. The number of nitrogens with two attached hydrogens (primary N) is 1. The highest BCUT2D eigenvalue weighted by Crippen LogP contribution is 2.27. The molecule has 0 atom stereocenters. The maximum atomic E-state index is 13.5. The Bertz CT molecular complexity index is 1230. The SMILES string of the molecule is N#Cc1cc(N2CCOCC2)ccc1Nc1cc(NCc2cc(F)cc(F)c2)c(C(N)=O)cn1. The van der Waals surface area contributed by atoms with E-state index in [-0.39, 0.29) is 12.1 Å². The Labute approximate surface area is 195 Å². The molecule has 4 rings (SSSR count). The summed E-state index contributed by atoms with van der Waals surface area (Å²) in [5, 5.41) is 15.7. The van der Waals surface area contributed by atoms with Crippen molar-refractivity contribution in [3.8, 4) is 6.07 Å². The summed E-state index contributed by atoms with van der Waals surface area (Å²) in [6.45, 7) is 2.82. The van der Waals surface area contributed by atoms with Crippen molar-refractivity contribution in [1.29, 1.82) is 5.26 Å². The monoisotopic (exact) mass is 464 g/mol. The summed E-state index contributed by atoms with van der Waals surface area (Å²) in [4.78, 5) is 18.2. The molecule has 0 radical (unpaired) electrons. The van der Waals surface area contributed by atoms with Gasteiger partial charge in [0.2, 0.25) is 0 Å². The van der Waals surface area contributed by atoms with E-state index >= 15 is 0 Å². The Balaban J connectivity index is 1.56. The molecule has 1 aromatic heterocycles. The number of amides is 1. The topological polar surface area (TPSA) is 116 Å². The van der Waals surface area contributed by atoms with Gasteiger partial charge in [-0.15, -0.1) is 0 Å². The maximum Gasteiger partial charge on any atom is 0.252 e. The number of aromatic nitrogens is 1. The minimum absolute atomic E-state index is 0.0517. The quantitative estimate of drug-likeness (QED) is 0.490. The maximum absolute atomic E-state index is 13.5. The fourth-order valence-corrected chi connectivity index (χ4v) is 3.67. The van der Waals surface area contributed by atoms with Crippen LogP contribution in [0.25, 0.3) is 0 Å². The highest BCUT2D eigenvalue weighted by Gasteiger charge is 2.15. The molecule has 1 saturated heterocycles. The number of primary amides is 1. The number of carbonyl (C=O) groups excluding carboxylic acids is 1. The van der Waals surface area contributed by atoms with Crippen LogP contribution < -0.4 is 21.3 Å². The number of nitriles is 1. The van der Waals surface area contributed by atoms with Crippen molar-refractivity contribution in [1.82, 2.24) is 4.98 Å². The molecule has 0 spiro atoms. The Morgan fingerprint density at radius 3 is 2.53 bits per heavy atom. The number of carbonyl (C=O) groups is 1. The van der Waals surface area contributed by atoms with Crippen LogP contribution in [0.15, 0.2) is 48.7 Å². The lowest BCUT2D eigenvalue weighted by Gasteiger charge is -2.29. The number of benzene rings is 2. The Morgan fingerprint density at radius 2 is 1.85 bits per heavy atom. The van der Waals surface area contributed by atoms with E-state index < -0.39 is 17.5 Å². The van der Waals surface area contributed by atoms with Crippen molar-refractivity contribution >= 4 is 28.8 Å². The van der Waals surface area contributed by atoms with E-state index in [0.29, 0.717) is 41.5 Å². The third kappa shape index (κ3) is 5.39. The summed E-state index contributed by atoms with van der Waals surface area (Å²) >= 11 is 0. The molecule has 4 N–H and O–H groups in total. The van der Waals surface area contributed by atoms with Gasteiger partial charge in [0.25, 0.3) is 5.91 Å². The molecule has 2 heterocycles. The number of halogens is 2. The fourth-order valence-electron chi connectivity index (χ4n) is 3.67. The molecule has 174 valence electrons. The van der Waals surface area contributed by atoms with Gasteiger partial charge < -0.3 is 26.0 Å². The lowest BCUT2D eigenvalue weighted by molar-refractivity contribution is 0.100. The number of anilines is 4. The Morgan fingerprint density at radius 1 is 1.12 bits per heavy atom. The van der Waals surface area contributed by atoms with Crippen LogP contribution in [-0.4, -0.2) is 37.2 Å². The molecule has 0 aliphatic carbocycles. The first-order chi connectivity index (χ1) is 16.4. The zero-order valence-electron chi connectivity index (χ0n) is 18.1. The summed E-state index contributed by atoms with van der Waals surface area (Å²) in [6, 6.07) is 12.4. The van der Waals surface area contributed by atoms with Gasteiger partial charge in [0.15, 0.2) is 0 Å². The molecule has 1 fully saturated rings. The van der Waals surface area contributed by atoms with E-state index in [9.17, 15) is 18.8 Å². The highest BCUT2D eigenvalue weighted by atomic mass is 19.1. The third-order valence-electron chi connectivity index (χ3n) is 5.34. The van der Waals surface area contributed by atoms with E-state index in [1.54, 1.807) is 18.2 Å². The first kappa shape index (κ1) is 22.9. The first-order valence-corrected chi connectivity index (χ1v) is 10.6. The molecule has 0 unspecified atom stereocenters. The lowest BCUT2D eigenvalue weighted by atomic mass is 10.1. The van der Waals surface area contributed by atoms with Crippen molar-refractivity contribution in [2.45, 2.75) is 6.54 Å². The zero-order valence-corrected chi connectivity index (χ0v) is 18.1. The predicted molar refractivity (Wildman–Crippen MR) is 124 cm³/mol. The number of hydrogen-bond donors (Lipinski definition) is 3. The van der Waals surface area contributed by atoms with E-state index in [1.807, 2.05) is 6.07 Å². The number of pyridine rings is 1. The van der Waals surface area contributed by atoms with Crippen molar-refractivity contribution in [2.75, 3.05) is 41.8 Å². The van der Waals surface area contributed by atoms with Crippen molar-refractivity contribution in [3.63, 3.8) is 0 Å². The third-order valence-corrected chi connectivity index (χ3v) is 5.34. The van der Waals surface area contributed by atoms with Gasteiger partial charge in [0.1, 0.15) is 23.5 Å².